The molecule has 0 spiro atoms. The number of carbonyl (C=O) groups is 1. The van der Waals surface area contributed by atoms with Crippen LogP contribution in [-0.4, -0.2) is 23.9 Å². The smallest absolute Gasteiger partial charge is 0.154 e. The number of carbonyl (C=O) groups excluding carboxylic acids is 1. The number of fused-ring (bicyclic) bond motifs is 1. The van der Waals surface area contributed by atoms with Crippen molar-refractivity contribution in [2.45, 2.75) is 4.90 Å². The van der Waals surface area contributed by atoms with Gasteiger partial charge in [-0.15, -0.1) is 0 Å². The summed E-state index contributed by atoms with van der Waals surface area (Å²) in [5.74, 6) is 0.554. The largest absolute Gasteiger partial charge is 0.496 e. The molecule has 2 rings (SSSR count). The second-order valence-corrected chi connectivity index (χ2v) is 5.02. The molecule has 1 unspecified atom stereocenters. The van der Waals surface area contributed by atoms with Gasteiger partial charge in [-0.1, -0.05) is 12.1 Å². The standard InChI is InChI=1S/C13H12O3S/c1-16-13-6-3-9-7-10(17(2)15)4-5-11(9)12(13)8-14/h3-8H,1-2H3. The minimum absolute atomic E-state index is 0.526. The third-order valence-electron chi connectivity index (χ3n) is 2.66. The van der Waals surface area contributed by atoms with Crippen molar-refractivity contribution in [2.24, 2.45) is 0 Å². The number of methoxy groups -OCH3 is 1. The minimum atomic E-state index is -1.02. The van der Waals surface area contributed by atoms with Gasteiger partial charge >= 0.3 is 0 Å². The quantitative estimate of drug-likeness (QED) is 0.783. The maximum atomic E-state index is 11.4. The van der Waals surface area contributed by atoms with Gasteiger partial charge in [-0.05, 0) is 29.0 Å². The molecule has 2 aromatic carbocycles. The topological polar surface area (TPSA) is 43.4 Å². The van der Waals surface area contributed by atoms with Gasteiger partial charge in [-0.2, -0.15) is 0 Å². The third-order valence-corrected chi connectivity index (χ3v) is 3.58. The molecule has 1 atom stereocenters. The van der Waals surface area contributed by atoms with Crippen LogP contribution >= 0.6 is 0 Å². The summed E-state index contributed by atoms with van der Waals surface area (Å²) in [6, 6.07) is 9.01. The number of rotatable bonds is 3. The fourth-order valence-electron chi connectivity index (χ4n) is 1.79. The Morgan fingerprint density at radius 1 is 1.24 bits per heavy atom. The molecule has 4 heteroatoms. The number of aldehydes is 1. The van der Waals surface area contributed by atoms with Gasteiger partial charge in [-0.25, -0.2) is 0 Å². The van der Waals surface area contributed by atoms with Crippen LogP contribution in [0.25, 0.3) is 10.8 Å². The highest BCUT2D eigenvalue weighted by Gasteiger charge is 2.08. The van der Waals surface area contributed by atoms with Crippen molar-refractivity contribution in [1.82, 2.24) is 0 Å². The third kappa shape index (κ3) is 2.08. The predicted molar refractivity (Wildman–Crippen MR) is 68.2 cm³/mol. The molecule has 0 aliphatic carbocycles. The number of hydrogen-bond acceptors (Lipinski definition) is 3. The van der Waals surface area contributed by atoms with E-state index in [1.807, 2.05) is 12.1 Å². The second-order valence-electron chi connectivity index (χ2n) is 3.64. The first-order valence-electron chi connectivity index (χ1n) is 5.06. The molecule has 0 amide bonds. The maximum absolute atomic E-state index is 11.4. The second kappa shape index (κ2) is 4.67. The van der Waals surface area contributed by atoms with Crippen molar-refractivity contribution >= 4 is 27.9 Å². The highest BCUT2D eigenvalue weighted by atomic mass is 32.2. The summed E-state index contributed by atoms with van der Waals surface area (Å²) in [6.07, 6.45) is 2.41. The molecule has 0 saturated carbocycles. The first-order valence-corrected chi connectivity index (χ1v) is 6.62. The van der Waals surface area contributed by atoms with Gasteiger partial charge in [0.2, 0.25) is 0 Å². The summed E-state index contributed by atoms with van der Waals surface area (Å²) in [4.78, 5) is 11.8. The molecule has 0 heterocycles. The zero-order valence-corrected chi connectivity index (χ0v) is 10.4. The molecule has 0 aliphatic heterocycles. The normalized spacial score (nSPS) is 12.4. The number of ether oxygens (including phenoxy) is 1. The zero-order valence-electron chi connectivity index (χ0n) is 9.60. The van der Waals surface area contributed by atoms with Crippen LogP contribution in [0.15, 0.2) is 35.2 Å². The lowest BCUT2D eigenvalue weighted by molar-refractivity contribution is 0.112. The lowest BCUT2D eigenvalue weighted by Crippen LogP contribution is -1.93. The Balaban J connectivity index is 2.75. The van der Waals surface area contributed by atoms with Crippen LogP contribution in [0.2, 0.25) is 0 Å². The molecule has 17 heavy (non-hydrogen) atoms. The first-order chi connectivity index (χ1) is 8.17. The molecule has 0 aromatic heterocycles. The van der Waals surface area contributed by atoms with E-state index in [-0.39, 0.29) is 0 Å². The van der Waals surface area contributed by atoms with Crippen LogP contribution in [0.4, 0.5) is 0 Å². The summed E-state index contributed by atoms with van der Waals surface area (Å²) in [7, 11) is 0.511. The van der Waals surface area contributed by atoms with E-state index in [4.69, 9.17) is 4.74 Å². The Hall–Kier alpha value is -1.68. The van der Waals surface area contributed by atoms with E-state index in [2.05, 4.69) is 0 Å². The van der Waals surface area contributed by atoms with E-state index in [0.717, 1.165) is 22.0 Å². The Morgan fingerprint density at radius 3 is 2.59 bits per heavy atom. The highest BCUT2D eigenvalue weighted by molar-refractivity contribution is 7.84. The fourth-order valence-corrected chi connectivity index (χ4v) is 2.34. The Kier molecular flexibility index (Phi) is 3.24. The average Bonchev–Trinajstić information content (AvgIpc) is 2.36. The van der Waals surface area contributed by atoms with Crippen molar-refractivity contribution < 1.29 is 13.7 Å². The molecule has 0 radical (unpaired) electrons. The number of hydrogen-bond donors (Lipinski definition) is 0. The van der Waals surface area contributed by atoms with Crippen molar-refractivity contribution in [3.05, 3.63) is 35.9 Å². The molecule has 0 bridgehead atoms. The monoisotopic (exact) mass is 248 g/mol. The SMILES string of the molecule is COc1ccc2cc(S(C)=O)ccc2c1C=O. The molecule has 88 valence electrons. The Morgan fingerprint density at radius 2 is 2.00 bits per heavy atom. The summed E-state index contributed by atoms with van der Waals surface area (Å²) in [5, 5.41) is 1.70. The minimum Gasteiger partial charge on any atom is -0.496 e. The Bertz CT molecular complexity index is 605. The van der Waals surface area contributed by atoms with Crippen LogP contribution in [-0.2, 0) is 10.8 Å². The van der Waals surface area contributed by atoms with E-state index < -0.39 is 10.8 Å². The summed E-state index contributed by atoms with van der Waals surface area (Å²) in [5.41, 5.74) is 0.526. The van der Waals surface area contributed by atoms with Crippen LogP contribution in [0, 0.1) is 0 Å². The van der Waals surface area contributed by atoms with Gasteiger partial charge in [0, 0.05) is 22.0 Å². The van der Waals surface area contributed by atoms with Gasteiger partial charge in [-0.3, -0.25) is 9.00 Å². The van der Waals surface area contributed by atoms with Crippen molar-refractivity contribution in [1.29, 1.82) is 0 Å². The van der Waals surface area contributed by atoms with Crippen LogP contribution < -0.4 is 4.74 Å². The molecule has 0 N–H and O–H groups in total. The van der Waals surface area contributed by atoms with Crippen molar-refractivity contribution in [2.75, 3.05) is 13.4 Å². The molecule has 0 saturated heterocycles. The predicted octanol–water partition coefficient (Wildman–Crippen LogP) is 2.40. The van der Waals surface area contributed by atoms with Gasteiger partial charge in [0.25, 0.3) is 0 Å². The van der Waals surface area contributed by atoms with E-state index in [1.54, 1.807) is 24.5 Å². The van der Waals surface area contributed by atoms with Gasteiger partial charge in [0.05, 0.1) is 12.7 Å². The van der Waals surface area contributed by atoms with Gasteiger partial charge in [0.1, 0.15) is 5.75 Å². The van der Waals surface area contributed by atoms with E-state index >= 15 is 0 Å². The molecule has 0 fully saturated rings. The lowest BCUT2D eigenvalue weighted by Gasteiger charge is -2.08. The fraction of sp³-hybridized carbons (Fsp3) is 0.154. The number of benzene rings is 2. The molecular weight excluding hydrogens is 236 g/mol. The van der Waals surface area contributed by atoms with Crippen molar-refractivity contribution in [3.8, 4) is 5.75 Å². The van der Waals surface area contributed by atoms with Crippen LogP contribution in [0.1, 0.15) is 10.4 Å². The van der Waals surface area contributed by atoms with Gasteiger partial charge < -0.3 is 4.74 Å². The first kappa shape index (κ1) is 11.8. The van der Waals surface area contributed by atoms with E-state index in [0.29, 0.717) is 11.3 Å². The Labute approximate surface area is 102 Å². The maximum Gasteiger partial charge on any atom is 0.154 e. The van der Waals surface area contributed by atoms with Crippen LogP contribution in [0.5, 0.6) is 5.75 Å². The molecule has 2 aromatic rings. The average molecular weight is 248 g/mol. The van der Waals surface area contributed by atoms with E-state index in [1.165, 1.54) is 7.11 Å². The van der Waals surface area contributed by atoms with Crippen molar-refractivity contribution in [3.63, 3.8) is 0 Å². The highest BCUT2D eigenvalue weighted by Crippen LogP contribution is 2.27. The molecule has 0 aliphatic rings. The summed E-state index contributed by atoms with van der Waals surface area (Å²) < 4.78 is 16.5. The van der Waals surface area contributed by atoms with E-state index in [9.17, 15) is 9.00 Å². The molecular formula is C13H12O3S. The van der Waals surface area contributed by atoms with Gasteiger partial charge in [0.15, 0.2) is 6.29 Å². The summed E-state index contributed by atoms with van der Waals surface area (Å²) in [6.45, 7) is 0. The lowest BCUT2D eigenvalue weighted by atomic mass is 10.0. The zero-order chi connectivity index (χ0) is 12.4. The molecule has 3 nitrogen and oxygen atoms in total. The van der Waals surface area contributed by atoms with Crippen LogP contribution in [0.3, 0.4) is 0 Å². The summed E-state index contributed by atoms with van der Waals surface area (Å²) >= 11 is 0.